The Morgan fingerprint density at radius 2 is 2.39 bits per heavy atom. The van der Waals surface area contributed by atoms with Crippen molar-refractivity contribution in [3.05, 3.63) is 12.3 Å². The molecule has 3 rings (SSSR count). The van der Waals surface area contributed by atoms with Crippen LogP contribution >= 0.6 is 0 Å². The highest BCUT2D eigenvalue weighted by atomic mass is 16.5. The van der Waals surface area contributed by atoms with Crippen molar-refractivity contribution in [2.75, 3.05) is 18.5 Å². The molecule has 0 radical (unpaired) electrons. The summed E-state index contributed by atoms with van der Waals surface area (Å²) >= 11 is 0. The van der Waals surface area contributed by atoms with Crippen molar-refractivity contribution < 1.29 is 4.74 Å². The van der Waals surface area contributed by atoms with Gasteiger partial charge in [0.05, 0.1) is 12.3 Å². The van der Waals surface area contributed by atoms with Gasteiger partial charge in [0.2, 0.25) is 0 Å². The van der Waals surface area contributed by atoms with E-state index in [1.165, 1.54) is 0 Å². The van der Waals surface area contributed by atoms with Gasteiger partial charge >= 0.3 is 0 Å². The molecule has 1 saturated heterocycles. The van der Waals surface area contributed by atoms with E-state index < -0.39 is 0 Å². The topological polar surface area (TPSA) is 65.1 Å². The number of aryl methyl sites for hydroxylation is 1. The predicted molar refractivity (Wildman–Crippen MR) is 70.2 cm³/mol. The van der Waals surface area contributed by atoms with Crippen molar-refractivity contribution in [3.8, 4) is 0 Å². The van der Waals surface area contributed by atoms with Crippen molar-refractivity contribution in [1.82, 2.24) is 9.78 Å². The second kappa shape index (κ2) is 3.71. The molecule has 0 bridgehead atoms. The molecule has 1 saturated carbocycles. The molecule has 5 heteroatoms. The fourth-order valence-electron chi connectivity index (χ4n) is 3.62. The van der Waals surface area contributed by atoms with Gasteiger partial charge in [-0.15, -0.1) is 0 Å². The molecule has 1 aliphatic carbocycles. The van der Waals surface area contributed by atoms with Crippen LogP contribution < -0.4 is 11.1 Å². The van der Waals surface area contributed by atoms with E-state index in [2.05, 4.69) is 24.3 Å². The average molecular weight is 250 g/mol. The van der Waals surface area contributed by atoms with Crippen LogP contribution in [0.15, 0.2) is 12.3 Å². The molecule has 1 aromatic heterocycles. The van der Waals surface area contributed by atoms with Crippen LogP contribution in [0, 0.1) is 11.3 Å². The van der Waals surface area contributed by atoms with E-state index in [1.54, 1.807) is 6.20 Å². The maximum atomic E-state index is 6.66. The minimum absolute atomic E-state index is 0.0275. The Bertz CT molecular complexity index is 456. The van der Waals surface area contributed by atoms with E-state index in [-0.39, 0.29) is 11.0 Å². The summed E-state index contributed by atoms with van der Waals surface area (Å²) in [6.45, 7) is 6.04. The maximum Gasteiger partial charge on any atom is 0.123 e. The van der Waals surface area contributed by atoms with E-state index in [0.717, 1.165) is 25.4 Å². The number of hydrogen-bond acceptors (Lipinski definition) is 4. The third kappa shape index (κ3) is 1.37. The smallest absolute Gasteiger partial charge is 0.123 e. The van der Waals surface area contributed by atoms with Gasteiger partial charge in [0.25, 0.3) is 0 Å². The molecule has 2 fully saturated rings. The van der Waals surface area contributed by atoms with Gasteiger partial charge in [0.1, 0.15) is 5.82 Å². The predicted octanol–water partition coefficient (Wildman–Crippen LogP) is 0.974. The van der Waals surface area contributed by atoms with E-state index in [9.17, 15) is 0 Å². The van der Waals surface area contributed by atoms with Crippen molar-refractivity contribution in [2.24, 2.45) is 24.1 Å². The summed E-state index contributed by atoms with van der Waals surface area (Å²) in [5.74, 6) is 1.49. The van der Waals surface area contributed by atoms with Gasteiger partial charge in [-0.2, -0.15) is 5.10 Å². The Morgan fingerprint density at radius 3 is 3.06 bits per heavy atom. The number of nitrogens with two attached hydrogens (primary N) is 1. The molecule has 3 N–H and O–H groups in total. The molecule has 0 spiro atoms. The lowest BCUT2D eigenvalue weighted by molar-refractivity contribution is -0.149. The summed E-state index contributed by atoms with van der Waals surface area (Å²) < 4.78 is 7.63. The fourth-order valence-corrected chi connectivity index (χ4v) is 3.62. The van der Waals surface area contributed by atoms with Gasteiger partial charge in [-0.1, -0.05) is 13.8 Å². The first-order valence-corrected chi connectivity index (χ1v) is 6.59. The molecule has 100 valence electrons. The number of fused-ring (bicyclic) bond motifs is 1. The highest BCUT2D eigenvalue weighted by molar-refractivity contribution is 5.36. The number of aromatic nitrogens is 2. The minimum atomic E-state index is -0.196. The van der Waals surface area contributed by atoms with Gasteiger partial charge in [0.15, 0.2) is 0 Å². The summed E-state index contributed by atoms with van der Waals surface area (Å²) in [7, 11) is 1.93. The van der Waals surface area contributed by atoms with E-state index >= 15 is 0 Å². The van der Waals surface area contributed by atoms with Crippen LogP contribution in [-0.4, -0.2) is 34.6 Å². The summed E-state index contributed by atoms with van der Waals surface area (Å²) in [4.78, 5) is 0. The monoisotopic (exact) mass is 250 g/mol. The summed E-state index contributed by atoms with van der Waals surface area (Å²) in [5, 5.41) is 7.58. The number of nitrogens with one attached hydrogen (secondary N) is 1. The first-order chi connectivity index (χ1) is 8.47. The molecular formula is C13H22N4O. The Morgan fingerprint density at radius 1 is 1.61 bits per heavy atom. The SMILES string of the molecule is Cn1nccc1NCC1(N)C2CCOC2C1(C)C. The van der Waals surface area contributed by atoms with Crippen molar-refractivity contribution in [1.29, 1.82) is 0 Å². The maximum absolute atomic E-state index is 6.66. The Labute approximate surface area is 108 Å². The van der Waals surface area contributed by atoms with Gasteiger partial charge in [-0.3, -0.25) is 4.68 Å². The zero-order valence-corrected chi connectivity index (χ0v) is 11.3. The minimum Gasteiger partial charge on any atom is -0.377 e. The van der Waals surface area contributed by atoms with Crippen molar-refractivity contribution >= 4 is 5.82 Å². The summed E-state index contributed by atoms with van der Waals surface area (Å²) in [6, 6.07) is 1.97. The third-order valence-corrected chi connectivity index (χ3v) is 5.05. The van der Waals surface area contributed by atoms with Crippen LogP contribution in [0.3, 0.4) is 0 Å². The van der Waals surface area contributed by atoms with Crippen LogP contribution in [0.4, 0.5) is 5.82 Å². The number of rotatable bonds is 3. The first-order valence-electron chi connectivity index (χ1n) is 6.59. The van der Waals surface area contributed by atoms with Crippen LogP contribution in [0.5, 0.6) is 0 Å². The second-order valence-electron chi connectivity index (χ2n) is 6.14. The largest absolute Gasteiger partial charge is 0.377 e. The summed E-state index contributed by atoms with van der Waals surface area (Å²) in [5.41, 5.74) is 6.49. The standard InChI is InChI=1S/C13H22N4O/c1-12(2)11-9(5-7-18-11)13(12,14)8-15-10-4-6-16-17(10)3/h4,6,9,11,15H,5,7-8,14H2,1-3H3. The Balaban J connectivity index is 1.74. The van der Waals surface area contributed by atoms with Crippen LogP contribution in [0.2, 0.25) is 0 Å². The molecule has 0 aromatic carbocycles. The lowest BCUT2D eigenvalue weighted by Gasteiger charge is -2.62. The number of hydrogen-bond donors (Lipinski definition) is 2. The highest BCUT2D eigenvalue weighted by Gasteiger charge is 2.67. The highest BCUT2D eigenvalue weighted by Crippen LogP contribution is 2.57. The molecule has 5 nitrogen and oxygen atoms in total. The molecule has 2 heterocycles. The van der Waals surface area contributed by atoms with E-state index in [0.29, 0.717) is 12.0 Å². The molecule has 1 aromatic rings. The lowest BCUT2D eigenvalue weighted by atomic mass is 9.48. The first kappa shape index (κ1) is 12.0. The van der Waals surface area contributed by atoms with Crippen LogP contribution in [0.1, 0.15) is 20.3 Å². The van der Waals surface area contributed by atoms with Crippen LogP contribution in [0.25, 0.3) is 0 Å². The number of ether oxygens (including phenoxy) is 1. The van der Waals surface area contributed by atoms with Crippen molar-refractivity contribution in [3.63, 3.8) is 0 Å². The van der Waals surface area contributed by atoms with Crippen LogP contribution in [-0.2, 0) is 11.8 Å². The normalized spacial score (nSPS) is 37.1. The Kier molecular flexibility index (Phi) is 2.47. The fraction of sp³-hybridized carbons (Fsp3) is 0.769. The molecule has 1 aliphatic heterocycles. The molecular weight excluding hydrogens is 228 g/mol. The van der Waals surface area contributed by atoms with E-state index in [1.807, 2.05) is 17.8 Å². The molecule has 3 atom stereocenters. The molecule has 18 heavy (non-hydrogen) atoms. The van der Waals surface area contributed by atoms with E-state index in [4.69, 9.17) is 10.5 Å². The average Bonchev–Trinajstić information content (AvgIpc) is 2.93. The number of anilines is 1. The zero-order chi connectivity index (χ0) is 13.0. The Hall–Kier alpha value is -1.07. The van der Waals surface area contributed by atoms with Gasteiger partial charge in [0, 0.05) is 43.1 Å². The van der Waals surface area contributed by atoms with Gasteiger partial charge in [-0.25, -0.2) is 0 Å². The van der Waals surface area contributed by atoms with Crippen molar-refractivity contribution in [2.45, 2.75) is 31.9 Å². The van der Waals surface area contributed by atoms with Gasteiger partial charge in [-0.05, 0) is 6.42 Å². The molecule has 2 aliphatic rings. The zero-order valence-electron chi connectivity index (χ0n) is 11.3. The summed E-state index contributed by atoms with van der Waals surface area (Å²) in [6.07, 6.45) is 3.20. The third-order valence-electron chi connectivity index (χ3n) is 5.05. The van der Waals surface area contributed by atoms with Gasteiger partial charge < -0.3 is 15.8 Å². The second-order valence-corrected chi connectivity index (χ2v) is 6.14. The quantitative estimate of drug-likeness (QED) is 0.839. The molecule has 3 unspecified atom stereocenters. The number of nitrogens with zero attached hydrogens (tertiary/aromatic N) is 2. The lowest BCUT2D eigenvalue weighted by Crippen LogP contribution is -2.77. The molecule has 0 amide bonds.